The van der Waals surface area contributed by atoms with Crippen LogP contribution in [0, 0.1) is 5.92 Å². The summed E-state index contributed by atoms with van der Waals surface area (Å²) in [5, 5.41) is 1.09. The maximum Gasteiger partial charge on any atom is 0.134 e. The Kier molecular flexibility index (Phi) is 2.99. The van der Waals surface area contributed by atoms with Gasteiger partial charge in [0, 0.05) is 25.0 Å². The molecule has 20 heavy (non-hydrogen) atoms. The second-order valence-corrected chi connectivity index (χ2v) is 6.88. The van der Waals surface area contributed by atoms with Gasteiger partial charge in [-0.05, 0) is 38.3 Å². The van der Waals surface area contributed by atoms with Crippen LogP contribution in [0.2, 0.25) is 10.0 Å². The van der Waals surface area contributed by atoms with Crippen LogP contribution in [-0.2, 0) is 0 Å². The summed E-state index contributed by atoms with van der Waals surface area (Å²) in [7, 11) is 0. The number of halogens is 2. The molecule has 5 rings (SSSR count). The molecular weight excluding hydrogens is 293 g/mol. The molecule has 5 heteroatoms. The van der Waals surface area contributed by atoms with Crippen molar-refractivity contribution in [1.29, 1.82) is 0 Å². The van der Waals surface area contributed by atoms with E-state index in [0.29, 0.717) is 10.0 Å². The lowest BCUT2D eigenvalue weighted by molar-refractivity contribution is 0.0333. The molecule has 0 aromatic carbocycles. The molecule has 0 unspecified atom stereocenters. The van der Waals surface area contributed by atoms with Gasteiger partial charge < -0.3 is 9.80 Å². The van der Waals surface area contributed by atoms with Gasteiger partial charge in [0.2, 0.25) is 0 Å². The van der Waals surface area contributed by atoms with Crippen LogP contribution in [0.25, 0.3) is 0 Å². The molecule has 1 aromatic heterocycles. The van der Waals surface area contributed by atoms with Gasteiger partial charge in [0.25, 0.3) is 0 Å². The van der Waals surface area contributed by atoms with E-state index < -0.39 is 0 Å². The highest BCUT2D eigenvalue weighted by Crippen LogP contribution is 2.46. The van der Waals surface area contributed by atoms with Crippen molar-refractivity contribution in [3.63, 3.8) is 0 Å². The fourth-order valence-electron chi connectivity index (χ4n) is 4.10. The quantitative estimate of drug-likeness (QED) is 0.790. The van der Waals surface area contributed by atoms with Crippen LogP contribution in [0.15, 0.2) is 24.5 Å². The largest absolute Gasteiger partial charge is 0.325 e. The van der Waals surface area contributed by atoms with Gasteiger partial charge in [-0.1, -0.05) is 29.3 Å². The Morgan fingerprint density at radius 3 is 2.65 bits per heavy atom. The first-order valence-electron chi connectivity index (χ1n) is 7.18. The van der Waals surface area contributed by atoms with Gasteiger partial charge in [-0.25, -0.2) is 4.98 Å². The first-order valence-corrected chi connectivity index (χ1v) is 7.94. The van der Waals surface area contributed by atoms with E-state index in [9.17, 15) is 0 Å². The van der Waals surface area contributed by atoms with Gasteiger partial charge in [0.05, 0.1) is 15.6 Å². The highest BCUT2D eigenvalue weighted by Gasteiger charge is 2.51. The zero-order valence-electron chi connectivity index (χ0n) is 11.2. The molecular formula is C15H17Cl2N3. The number of fused-ring (bicyclic) bond motifs is 2. The van der Waals surface area contributed by atoms with Gasteiger partial charge in [-0.2, -0.15) is 0 Å². The summed E-state index contributed by atoms with van der Waals surface area (Å²) in [6.45, 7) is 3.62. The Bertz CT molecular complexity index is 566. The van der Waals surface area contributed by atoms with E-state index in [1.54, 1.807) is 6.20 Å². The van der Waals surface area contributed by atoms with Crippen LogP contribution in [0.1, 0.15) is 19.3 Å². The van der Waals surface area contributed by atoms with Crippen LogP contribution in [0.4, 0.5) is 5.82 Å². The molecule has 1 aromatic rings. The molecule has 5 heterocycles. The number of anilines is 1. The van der Waals surface area contributed by atoms with E-state index in [4.69, 9.17) is 23.2 Å². The van der Waals surface area contributed by atoms with Crippen LogP contribution in [0.5, 0.6) is 0 Å². The third-order valence-corrected chi connectivity index (χ3v) is 5.80. The topological polar surface area (TPSA) is 19.4 Å². The lowest BCUT2D eigenvalue weighted by Gasteiger charge is -2.55. The molecule has 0 aliphatic carbocycles. The van der Waals surface area contributed by atoms with Crippen molar-refractivity contribution in [2.24, 2.45) is 5.92 Å². The van der Waals surface area contributed by atoms with Crippen molar-refractivity contribution in [2.45, 2.75) is 24.8 Å². The predicted octanol–water partition coefficient (Wildman–Crippen LogP) is 3.58. The van der Waals surface area contributed by atoms with Crippen LogP contribution in [0.3, 0.4) is 0 Å². The normalized spacial score (nSPS) is 35.2. The molecule has 1 spiro atoms. The van der Waals surface area contributed by atoms with Gasteiger partial charge >= 0.3 is 0 Å². The first-order chi connectivity index (χ1) is 9.69. The minimum atomic E-state index is 0.181. The lowest BCUT2D eigenvalue weighted by atomic mass is 9.71. The first kappa shape index (κ1) is 12.9. The third kappa shape index (κ3) is 1.80. The standard InChI is InChI=1S/C15H17Cl2N3/c16-12-8-14(18-9-13(12)17)20-5-1-4-15(20)10-19-6-2-11(15)3-7-19/h1,5,8-9,11H,2-4,6-7,10H2/t15-/m0/s1. The summed E-state index contributed by atoms with van der Waals surface area (Å²) in [4.78, 5) is 9.41. The van der Waals surface area contributed by atoms with Crippen LogP contribution < -0.4 is 4.90 Å². The Morgan fingerprint density at radius 2 is 2.00 bits per heavy atom. The number of rotatable bonds is 1. The Morgan fingerprint density at radius 1 is 1.20 bits per heavy atom. The summed E-state index contributed by atoms with van der Waals surface area (Å²) < 4.78 is 0. The maximum atomic E-state index is 6.17. The van der Waals surface area contributed by atoms with Gasteiger partial charge in [0.15, 0.2) is 0 Å². The van der Waals surface area contributed by atoms with Crippen molar-refractivity contribution in [2.75, 3.05) is 24.5 Å². The van der Waals surface area contributed by atoms with Crippen LogP contribution >= 0.6 is 23.2 Å². The van der Waals surface area contributed by atoms with E-state index in [0.717, 1.165) is 24.7 Å². The van der Waals surface area contributed by atoms with Crippen molar-refractivity contribution in [3.05, 3.63) is 34.6 Å². The van der Waals surface area contributed by atoms with Gasteiger partial charge in [-0.3, -0.25) is 0 Å². The fraction of sp³-hybridized carbons (Fsp3) is 0.533. The minimum absolute atomic E-state index is 0.181. The Balaban J connectivity index is 1.73. The highest BCUT2D eigenvalue weighted by atomic mass is 35.5. The second-order valence-electron chi connectivity index (χ2n) is 6.07. The molecule has 4 aliphatic rings. The fourth-order valence-corrected chi connectivity index (χ4v) is 4.35. The maximum absolute atomic E-state index is 6.17. The van der Waals surface area contributed by atoms with Crippen LogP contribution in [-0.4, -0.2) is 35.1 Å². The number of hydrogen-bond acceptors (Lipinski definition) is 3. The molecule has 3 fully saturated rings. The number of piperidine rings is 3. The SMILES string of the molecule is Clc1cnc(N2C=CC[C@@]23CN2CCC3CC2)cc1Cl. The van der Waals surface area contributed by atoms with Crippen molar-refractivity contribution in [1.82, 2.24) is 9.88 Å². The van der Waals surface area contributed by atoms with Gasteiger partial charge in [0.1, 0.15) is 5.82 Å². The molecule has 3 saturated heterocycles. The average Bonchev–Trinajstić information content (AvgIpc) is 2.86. The number of hydrogen-bond donors (Lipinski definition) is 0. The molecule has 3 nitrogen and oxygen atoms in total. The van der Waals surface area contributed by atoms with Gasteiger partial charge in [-0.15, -0.1) is 0 Å². The zero-order chi connectivity index (χ0) is 13.7. The summed E-state index contributed by atoms with van der Waals surface area (Å²) in [5.74, 6) is 1.67. The molecule has 0 N–H and O–H groups in total. The average molecular weight is 310 g/mol. The van der Waals surface area contributed by atoms with E-state index in [1.807, 2.05) is 6.07 Å². The monoisotopic (exact) mass is 309 g/mol. The molecule has 2 bridgehead atoms. The summed E-state index contributed by atoms with van der Waals surface area (Å²) in [6, 6.07) is 1.89. The van der Waals surface area contributed by atoms with E-state index in [1.165, 1.54) is 25.9 Å². The minimum Gasteiger partial charge on any atom is -0.325 e. The number of aromatic nitrogens is 1. The molecule has 0 radical (unpaired) electrons. The number of pyridine rings is 1. The van der Waals surface area contributed by atoms with E-state index in [-0.39, 0.29) is 5.54 Å². The van der Waals surface area contributed by atoms with E-state index in [2.05, 4.69) is 27.1 Å². The summed E-state index contributed by atoms with van der Waals surface area (Å²) >= 11 is 12.2. The lowest BCUT2D eigenvalue weighted by Crippen LogP contribution is -2.64. The molecule has 1 atom stereocenters. The third-order valence-electron chi connectivity index (χ3n) is 5.09. The van der Waals surface area contributed by atoms with Crippen molar-refractivity contribution >= 4 is 29.0 Å². The number of nitrogens with zero attached hydrogens (tertiary/aromatic N) is 3. The Labute approximate surface area is 129 Å². The molecule has 0 saturated carbocycles. The van der Waals surface area contributed by atoms with E-state index >= 15 is 0 Å². The highest BCUT2D eigenvalue weighted by molar-refractivity contribution is 6.42. The molecule has 0 amide bonds. The molecule has 4 aliphatic heterocycles. The van der Waals surface area contributed by atoms with Crippen molar-refractivity contribution in [3.8, 4) is 0 Å². The molecule has 106 valence electrons. The second kappa shape index (κ2) is 4.62. The summed E-state index contributed by atoms with van der Waals surface area (Å²) in [5.41, 5.74) is 0.181. The predicted molar refractivity (Wildman–Crippen MR) is 82.4 cm³/mol. The summed E-state index contributed by atoms with van der Waals surface area (Å²) in [6.07, 6.45) is 9.79. The zero-order valence-corrected chi connectivity index (χ0v) is 12.7. The Hall–Kier alpha value is -0.770. The smallest absolute Gasteiger partial charge is 0.134 e. The van der Waals surface area contributed by atoms with Crippen molar-refractivity contribution < 1.29 is 0 Å².